The van der Waals surface area contributed by atoms with E-state index in [0.717, 1.165) is 10.4 Å². The average molecular weight is 264 g/mol. The Hall–Kier alpha value is -1.52. The number of benzene rings is 1. The van der Waals surface area contributed by atoms with Crippen LogP contribution < -0.4 is 9.47 Å². The number of hydrogen-bond donors (Lipinski definition) is 1. The van der Waals surface area contributed by atoms with Gasteiger partial charge in [-0.3, -0.25) is 0 Å². The van der Waals surface area contributed by atoms with Crippen molar-refractivity contribution in [1.82, 2.24) is 0 Å². The molecule has 0 spiro atoms. The fourth-order valence-corrected chi connectivity index (χ4v) is 2.68. The topological polar surface area (TPSA) is 38.7 Å². The van der Waals surface area contributed by atoms with Crippen molar-refractivity contribution >= 4 is 11.3 Å². The maximum atomic E-state index is 10.4. The first kappa shape index (κ1) is 12.9. The van der Waals surface area contributed by atoms with Gasteiger partial charge in [0.2, 0.25) is 0 Å². The summed E-state index contributed by atoms with van der Waals surface area (Å²) in [4.78, 5) is 2.09. The minimum atomic E-state index is -0.662. The predicted octanol–water partition coefficient (Wildman–Crippen LogP) is 3.16. The molecule has 0 radical (unpaired) electrons. The van der Waals surface area contributed by atoms with Crippen LogP contribution in [-0.4, -0.2) is 19.3 Å². The first-order valence-corrected chi connectivity index (χ1v) is 6.43. The molecule has 1 atom stereocenters. The maximum Gasteiger partial charge on any atom is 0.128 e. The fraction of sp³-hybridized carbons (Fsp3) is 0.286. The molecule has 0 saturated carbocycles. The van der Waals surface area contributed by atoms with Gasteiger partial charge in [0, 0.05) is 21.4 Å². The van der Waals surface area contributed by atoms with Gasteiger partial charge in [0.15, 0.2) is 0 Å². The van der Waals surface area contributed by atoms with Gasteiger partial charge in [-0.25, -0.2) is 0 Å². The van der Waals surface area contributed by atoms with Crippen molar-refractivity contribution in [2.75, 3.05) is 14.2 Å². The first-order chi connectivity index (χ1) is 8.65. The summed E-state index contributed by atoms with van der Waals surface area (Å²) < 4.78 is 10.4. The van der Waals surface area contributed by atoms with Crippen LogP contribution in [0.15, 0.2) is 30.3 Å². The number of aliphatic hydroxyl groups is 1. The minimum Gasteiger partial charge on any atom is -0.497 e. The predicted molar refractivity (Wildman–Crippen MR) is 72.7 cm³/mol. The van der Waals surface area contributed by atoms with Gasteiger partial charge >= 0.3 is 0 Å². The molecule has 18 heavy (non-hydrogen) atoms. The zero-order valence-electron chi connectivity index (χ0n) is 10.6. The van der Waals surface area contributed by atoms with E-state index >= 15 is 0 Å². The van der Waals surface area contributed by atoms with Crippen LogP contribution in [0.2, 0.25) is 0 Å². The molecule has 0 bridgehead atoms. The zero-order chi connectivity index (χ0) is 13.1. The summed E-state index contributed by atoms with van der Waals surface area (Å²) in [5.74, 6) is 1.35. The van der Waals surface area contributed by atoms with Crippen LogP contribution in [0, 0.1) is 6.92 Å². The third kappa shape index (κ3) is 2.49. The number of aryl methyl sites for hydroxylation is 1. The molecule has 1 aromatic heterocycles. The van der Waals surface area contributed by atoms with Gasteiger partial charge in [-0.15, -0.1) is 11.3 Å². The number of hydrogen-bond acceptors (Lipinski definition) is 4. The molecule has 1 unspecified atom stereocenters. The van der Waals surface area contributed by atoms with E-state index in [1.807, 2.05) is 31.2 Å². The van der Waals surface area contributed by atoms with Crippen LogP contribution in [0.1, 0.15) is 21.4 Å². The molecule has 96 valence electrons. The molecule has 3 nitrogen and oxygen atoms in total. The standard InChI is InChI=1S/C14H16O3S/c1-9-4-7-13(18-9)14(15)11-6-5-10(16-2)8-12(11)17-3/h4-8,14-15H,1-3H3. The summed E-state index contributed by atoms with van der Waals surface area (Å²) >= 11 is 1.58. The second-order valence-electron chi connectivity index (χ2n) is 3.96. The lowest BCUT2D eigenvalue weighted by atomic mass is 10.1. The molecule has 2 aromatic rings. The van der Waals surface area contributed by atoms with Gasteiger partial charge in [-0.2, -0.15) is 0 Å². The van der Waals surface area contributed by atoms with Crippen molar-refractivity contribution in [3.8, 4) is 11.5 Å². The van der Waals surface area contributed by atoms with Gasteiger partial charge in [-0.05, 0) is 31.2 Å². The molecule has 1 N–H and O–H groups in total. The van der Waals surface area contributed by atoms with Crippen LogP contribution in [0.4, 0.5) is 0 Å². The van der Waals surface area contributed by atoms with E-state index in [1.54, 1.807) is 31.6 Å². The smallest absolute Gasteiger partial charge is 0.128 e. The number of aliphatic hydroxyl groups excluding tert-OH is 1. The van der Waals surface area contributed by atoms with Gasteiger partial charge in [0.05, 0.1) is 14.2 Å². The van der Waals surface area contributed by atoms with Crippen molar-refractivity contribution in [3.05, 3.63) is 45.6 Å². The highest BCUT2D eigenvalue weighted by molar-refractivity contribution is 7.12. The molecule has 0 fully saturated rings. The molecule has 0 aliphatic heterocycles. The van der Waals surface area contributed by atoms with Crippen LogP contribution in [-0.2, 0) is 0 Å². The Balaban J connectivity index is 2.38. The van der Waals surface area contributed by atoms with Gasteiger partial charge in [0.25, 0.3) is 0 Å². The zero-order valence-corrected chi connectivity index (χ0v) is 11.5. The first-order valence-electron chi connectivity index (χ1n) is 5.62. The minimum absolute atomic E-state index is 0.632. The highest BCUT2D eigenvalue weighted by Crippen LogP contribution is 2.35. The summed E-state index contributed by atoms with van der Waals surface area (Å²) in [6.07, 6.45) is -0.662. The van der Waals surface area contributed by atoms with Crippen LogP contribution in [0.25, 0.3) is 0 Å². The van der Waals surface area contributed by atoms with Crippen LogP contribution >= 0.6 is 11.3 Å². The molecular formula is C14H16O3S. The van der Waals surface area contributed by atoms with Crippen LogP contribution in [0.3, 0.4) is 0 Å². The lowest BCUT2D eigenvalue weighted by Gasteiger charge is -2.14. The SMILES string of the molecule is COc1ccc(C(O)c2ccc(C)s2)c(OC)c1. The van der Waals surface area contributed by atoms with Gasteiger partial charge < -0.3 is 14.6 Å². The molecule has 0 saturated heterocycles. The number of ether oxygens (including phenoxy) is 2. The fourth-order valence-electron chi connectivity index (χ4n) is 1.80. The van der Waals surface area contributed by atoms with E-state index in [-0.39, 0.29) is 0 Å². The average Bonchev–Trinajstić information content (AvgIpc) is 2.83. The lowest BCUT2D eigenvalue weighted by Crippen LogP contribution is -2.01. The third-order valence-electron chi connectivity index (χ3n) is 2.77. The highest BCUT2D eigenvalue weighted by Gasteiger charge is 2.17. The largest absolute Gasteiger partial charge is 0.497 e. The monoisotopic (exact) mass is 264 g/mol. The quantitative estimate of drug-likeness (QED) is 0.922. The Labute approximate surface area is 111 Å². The van der Waals surface area contributed by atoms with E-state index in [0.29, 0.717) is 11.5 Å². The molecule has 0 aliphatic carbocycles. The second kappa shape index (κ2) is 5.42. The Bertz CT molecular complexity index is 534. The molecule has 4 heteroatoms. The third-order valence-corrected chi connectivity index (χ3v) is 3.82. The van der Waals surface area contributed by atoms with Crippen molar-refractivity contribution in [1.29, 1.82) is 0 Å². The summed E-state index contributed by atoms with van der Waals surface area (Å²) in [5.41, 5.74) is 0.750. The molecule has 0 aliphatic rings. The van der Waals surface area contributed by atoms with Crippen molar-refractivity contribution < 1.29 is 14.6 Å². The number of rotatable bonds is 4. The molecule has 1 heterocycles. The molecule has 2 rings (SSSR count). The van der Waals surface area contributed by atoms with Gasteiger partial charge in [-0.1, -0.05) is 0 Å². The van der Waals surface area contributed by atoms with Crippen molar-refractivity contribution in [2.45, 2.75) is 13.0 Å². The summed E-state index contributed by atoms with van der Waals surface area (Å²) in [6.45, 7) is 2.02. The second-order valence-corrected chi connectivity index (χ2v) is 5.28. The van der Waals surface area contributed by atoms with E-state index in [2.05, 4.69) is 0 Å². The summed E-state index contributed by atoms with van der Waals surface area (Å²) in [6, 6.07) is 9.37. The Morgan fingerprint density at radius 3 is 2.44 bits per heavy atom. The molecule has 0 amide bonds. The Kier molecular flexibility index (Phi) is 3.89. The van der Waals surface area contributed by atoms with Crippen molar-refractivity contribution in [2.24, 2.45) is 0 Å². The molecular weight excluding hydrogens is 248 g/mol. The van der Waals surface area contributed by atoms with E-state index in [1.165, 1.54) is 4.88 Å². The van der Waals surface area contributed by atoms with Crippen LogP contribution in [0.5, 0.6) is 11.5 Å². The van der Waals surface area contributed by atoms with E-state index < -0.39 is 6.10 Å². The lowest BCUT2D eigenvalue weighted by molar-refractivity contribution is 0.218. The summed E-state index contributed by atoms with van der Waals surface area (Å²) in [7, 11) is 3.19. The summed E-state index contributed by atoms with van der Waals surface area (Å²) in [5, 5.41) is 10.4. The highest BCUT2D eigenvalue weighted by atomic mass is 32.1. The Morgan fingerprint density at radius 2 is 1.89 bits per heavy atom. The number of thiophene rings is 1. The van der Waals surface area contributed by atoms with E-state index in [9.17, 15) is 5.11 Å². The maximum absolute atomic E-state index is 10.4. The normalized spacial score (nSPS) is 12.2. The van der Waals surface area contributed by atoms with Crippen molar-refractivity contribution in [3.63, 3.8) is 0 Å². The molecule has 1 aromatic carbocycles. The van der Waals surface area contributed by atoms with Gasteiger partial charge in [0.1, 0.15) is 17.6 Å². The van der Waals surface area contributed by atoms with E-state index in [4.69, 9.17) is 9.47 Å². The number of methoxy groups -OCH3 is 2. The Morgan fingerprint density at radius 1 is 1.11 bits per heavy atom.